The molecular weight excluding hydrogens is 191 g/mol. The monoisotopic (exact) mass is 208 g/mol. The molecule has 0 spiro atoms. The van der Waals surface area contributed by atoms with Gasteiger partial charge in [0.25, 0.3) is 0 Å². The Kier molecular flexibility index (Phi) is 2.55. The summed E-state index contributed by atoms with van der Waals surface area (Å²) in [7, 11) is 0. The molecule has 0 unspecified atom stereocenters. The van der Waals surface area contributed by atoms with E-state index in [-0.39, 0.29) is 5.82 Å². The van der Waals surface area contributed by atoms with Gasteiger partial charge in [-0.15, -0.1) is 0 Å². The Labute approximate surface area is 89.9 Å². The molecule has 2 nitrogen and oxygen atoms in total. The van der Waals surface area contributed by atoms with Crippen LogP contribution >= 0.6 is 0 Å². The van der Waals surface area contributed by atoms with Crippen LogP contribution in [0.25, 0.3) is 0 Å². The summed E-state index contributed by atoms with van der Waals surface area (Å²) in [6.45, 7) is 6.48. The van der Waals surface area contributed by atoms with Crippen molar-refractivity contribution in [2.24, 2.45) is 11.8 Å². The van der Waals surface area contributed by atoms with Gasteiger partial charge in [0, 0.05) is 24.5 Å². The second-order valence-electron chi connectivity index (χ2n) is 4.65. The van der Waals surface area contributed by atoms with E-state index in [0.29, 0.717) is 11.6 Å². The predicted octanol–water partition coefficient (Wildman–Crippen LogP) is 2.50. The lowest BCUT2D eigenvalue weighted by molar-refractivity contribution is 0.309. The molecule has 0 radical (unpaired) electrons. The number of nitrogens with zero attached hydrogens (tertiary/aromatic N) is 1. The molecule has 0 saturated carbocycles. The molecule has 0 atom stereocenters. The van der Waals surface area contributed by atoms with Gasteiger partial charge in [0.05, 0.1) is 0 Å². The van der Waals surface area contributed by atoms with Crippen LogP contribution in [0, 0.1) is 17.7 Å². The third kappa shape index (κ3) is 2.06. The van der Waals surface area contributed by atoms with Crippen LogP contribution in [0.1, 0.15) is 13.8 Å². The second-order valence-corrected chi connectivity index (χ2v) is 4.65. The lowest BCUT2D eigenvalue weighted by Crippen LogP contribution is -2.49. The van der Waals surface area contributed by atoms with Crippen LogP contribution < -0.4 is 10.6 Å². The number of halogens is 1. The van der Waals surface area contributed by atoms with Crippen LogP contribution in [0.4, 0.5) is 15.8 Å². The molecule has 0 bridgehead atoms. The summed E-state index contributed by atoms with van der Waals surface area (Å²) in [6, 6.07) is 4.73. The van der Waals surface area contributed by atoms with Gasteiger partial charge in [-0.3, -0.25) is 0 Å². The third-order valence-corrected chi connectivity index (χ3v) is 3.12. The van der Waals surface area contributed by atoms with E-state index in [0.717, 1.165) is 24.7 Å². The molecule has 1 aromatic carbocycles. The largest absolute Gasteiger partial charge is 0.399 e. The van der Waals surface area contributed by atoms with Gasteiger partial charge in [-0.25, -0.2) is 4.39 Å². The van der Waals surface area contributed by atoms with E-state index in [1.807, 2.05) is 6.07 Å². The standard InChI is InChI=1S/C12H17FN2/c1-8(2)9-6-15(7-9)12-4-10(13)3-11(14)5-12/h3-5,8-9H,6-7,14H2,1-2H3. The van der Waals surface area contributed by atoms with Gasteiger partial charge in [0.15, 0.2) is 0 Å². The number of anilines is 2. The van der Waals surface area contributed by atoms with Gasteiger partial charge >= 0.3 is 0 Å². The fourth-order valence-electron chi connectivity index (χ4n) is 1.92. The van der Waals surface area contributed by atoms with Crippen LogP contribution in [-0.2, 0) is 0 Å². The molecule has 0 amide bonds. The summed E-state index contributed by atoms with van der Waals surface area (Å²) < 4.78 is 13.1. The van der Waals surface area contributed by atoms with Crippen LogP contribution in [0.5, 0.6) is 0 Å². The molecule has 1 fully saturated rings. The van der Waals surface area contributed by atoms with E-state index in [4.69, 9.17) is 5.73 Å². The number of nitrogen functional groups attached to an aromatic ring is 1. The summed E-state index contributed by atoms with van der Waals surface area (Å²) >= 11 is 0. The van der Waals surface area contributed by atoms with Crippen LogP contribution in [0.15, 0.2) is 18.2 Å². The van der Waals surface area contributed by atoms with Crippen LogP contribution in [0.3, 0.4) is 0 Å². The van der Waals surface area contributed by atoms with E-state index in [9.17, 15) is 4.39 Å². The zero-order chi connectivity index (χ0) is 11.0. The Hall–Kier alpha value is -1.25. The molecule has 1 aliphatic heterocycles. The number of benzene rings is 1. The molecule has 15 heavy (non-hydrogen) atoms. The number of rotatable bonds is 2. The molecule has 82 valence electrons. The topological polar surface area (TPSA) is 29.3 Å². The maximum atomic E-state index is 13.1. The Morgan fingerprint density at radius 2 is 2.00 bits per heavy atom. The molecule has 1 aliphatic rings. The molecule has 3 heteroatoms. The summed E-state index contributed by atoms with van der Waals surface area (Å²) in [5, 5.41) is 0. The van der Waals surface area contributed by atoms with E-state index in [2.05, 4.69) is 18.7 Å². The molecular formula is C12H17FN2. The van der Waals surface area contributed by atoms with E-state index in [1.165, 1.54) is 6.07 Å². The zero-order valence-electron chi connectivity index (χ0n) is 9.20. The normalized spacial score (nSPS) is 16.9. The highest BCUT2D eigenvalue weighted by Gasteiger charge is 2.29. The van der Waals surface area contributed by atoms with Gasteiger partial charge < -0.3 is 10.6 Å². The average molecular weight is 208 g/mol. The summed E-state index contributed by atoms with van der Waals surface area (Å²) in [5.41, 5.74) is 7.01. The summed E-state index contributed by atoms with van der Waals surface area (Å²) in [6.07, 6.45) is 0. The van der Waals surface area contributed by atoms with Crippen molar-refractivity contribution in [3.63, 3.8) is 0 Å². The second kappa shape index (κ2) is 3.72. The first-order valence-corrected chi connectivity index (χ1v) is 5.37. The number of hydrogen-bond donors (Lipinski definition) is 1. The summed E-state index contributed by atoms with van der Waals surface area (Å²) in [4.78, 5) is 2.17. The first-order chi connectivity index (χ1) is 7.06. The smallest absolute Gasteiger partial charge is 0.127 e. The molecule has 0 aromatic heterocycles. The van der Waals surface area contributed by atoms with Crippen LogP contribution in [-0.4, -0.2) is 13.1 Å². The average Bonchev–Trinajstić information content (AvgIpc) is 1.97. The minimum Gasteiger partial charge on any atom is -0.399 e. The van der Waals surface area contributed by atoms with Gasteiger partial charge in [0.1, 0.15) is 5.82 Å². The Morgan fingerprint density at radius 3 is 2.53 bits per heavy atom. The van der Waals surface area contributed by atoms with Crippen molar-refractivity contribution in [3.05, 3.63) is 24.0 Å². The van der Waals surface area contributed by atoms with Gasteiger partial charge in [-0.1, -0.05) is 13.8 Å². The molecule has 1 aromatic rings. The van der Waals surface area contributed by atoms with Gasteiger partial charge in [0.2, 0.25) is 0 Å². The fourth-order valence-corrected chi connectivity index (χ4v) is 1.92. The van der Waals surface area contributed by atoms with Crippen molar-refractivity contribution in [1.82, 2.24) is 0 Å². The molecule has 1 heterocycles. The Morgan fingerprint density at radius 1 is 1.33 bits per heavy atom. The minimum atomic E-state index is -0.252. The predicted molar refractivity (Wildman–Crippen MR) is 61.4 cm³/mol. The number of hydrogen-bond acceptors (Lipinski definition) is 2. The molecule has 2 rings (SSSR count). The molecule has 2 N–H and O–H groups in total. The SMILES string of the molecule is CC(C)C1CN(c2cc(N)cc(F)c2)C1. The highest BCUT2D eigenvalue weighted by Crippen LogP contribution is 2.30. The highest BCUT2D eigenvalue weighted by atomic mass is 19.1. The Balaban J connectivity index is 2.06. The van der Waals surface area contributed by atoms with Crippen molar-refractivity contribution < 1.29 is 4.39 Å². The molecule has 1 saturated heterocycles. The maximum absolute atomic E-state index is 13.1. The van der Waals surface area contributed by atoms with E-state index in [1.54, 1.807) is 6.07 Å². The first-order valence-electron chi connectivity index (χ1n) is 5.37. The van der Waals surface area contributed by atoms with Crippen molar-refractivity contribution >= 4 is 11.4 Å². The van der Waals surface area contributed by atoms with Gasteiger partial charge in [-0.05, 0) is 30.0 Å². The van der Waals surface area contributed by atoms with E-state index < -0.39 is 0 Å². The lowest BCUT2D eigenvalue weighted by Gasteiger charge is -2.43. The highest BCUT2D eigenvalue weighted by molar-refractivity contribution is 5.57. The zero-order valence-corrected chi connectivity index (χ0v) is 9.20. The van der Waals surface area contributed by atoms with Crippen LogP contribution in [0.2, 0.25) is 0 Å². The minimum absolute atomic E-state index is 0.252. The maximum Gasteiger partial charge on any atom is 0.127 e. The van der Waals surface area contributed by atoms with Crippen molar-refractivity contribution in [2.45, 2.75) is 13.8 Å². The van der Waals surface area contributed by atoms with Gasteiger partial charge in [-0.2, -0.15) is 0 Å². The fraction of sp³-hybridized carbons (Fsp3) is 0.500. The van der Waals surface area contributed by atoms with Crippen molar-refractivity contribution in [3.8, 4) is 0 Å². The van der Waals surface area contributed by atoms with Crippen molar-refractivity contribution in [1.29, 1.82) is 0 Å². The Bertz CT molecular complexity index is 336. The first kappa shape index (κ1) is 10.3. The number of nitrogens with two attached hydrogens (primary N) is 1. The molecule has 0 aliphatic carbocycles. The summed E-state index contributed by atoms with van der Waals surface area (Å²) in [5.74, 6) is 1.18. The van der Waals surface area contributed by atoms with E-state index >= 15 is 0 Å². The van der Waals surface area contributed by atoms with Crippen molar-refractivity contribution in [2.75, 3.05) is 23.7 Å². The lowest BCUT2D eigenvalue weighted by atomic mass is 9.88. The third-order valence-electron chi connectivity index (χ3n) is 3.12. The quantitative estimate of drug-likeness (QED) is 0.757.